The van der Waals surface area contributed by atoms with Gasteiger partial charge in [-0.05, 0) is 61.8 Å². The van der Waals surface area contributed by atoms with Crippen LogP contribution in [0.1, 0.15) is 46.0 Å². The minimum Gasteiger partial charge on any atom is -0.412 e. The van der Waals surface area contributed by atoms with Gasteiger partial charge in [0.1, 0.15) is 17.2 Å². The topological polar surface area (TPSA) is 122 Å². The Kier molecular flexibility index (Phi) is 8.00. The lowest BCUT2D eigenvalue weighted by molar-refractivity contribution is -0.167. The van der Waals surface area contributed by atoms with Crippen molar-refractivity contribution in [3.05, 3.63) is 48.2 Å². The molecule has 3 N–H and O–H groups in total. The van der Waals surface area contributed by atoms with Crippen molar-refractivity contribution in [3.63, 3.8) is 0 Å². The predicted molar refractivity (Wildman–Crippen MR) is 151 cm³/mol. The van der Waals surface area contributed by atoms with Crippen LogP contribution in [-0.2, 0) is 14.4 Å². The molecule has 3 saturated carbocycles. The van der Waals surface area contributed by atoms with Crippen molar-refractivity contribution in [1.82, 2.24) is 9.88 Å². The highest BCUT2D eigenvalue weighted by atomic mass is 35.5. The van der Waals surface area contributed by atoms with Crippen LogP contribution in [-0.4, -0.2) is 76.1 Å². The number of nitrogens with zero attached hydrogens (tertiary/aromatic N) is 3. The van der Waals surface area contributed by atoms with Crippen LogP contribution in [0.4, 0.5) is 5.82 Å². The average Bonchev–Trinajstić information content (AvgIpc) is 3.16. The molecule has 1 aromatic heterocycles. The van der Waals surface area contributed by atoms with E-state index in [9.17, 15) is 19.5 Å². The highest BCUT2D eigenvalue weighted by Gasteiger charge is 2.68. The van der Waals surface area contributed by atoms with E-state index in [1.54, 1.807) is 18.3 Å². The van der Waals surface area contributed by atoms with Crippen LogP contribution in [0.25, 0.3) is 0 Å². The molecule has 4 fully saturated rings. The van der Waals surface area contributed by atoms with Crippen molar-refractivity contribution in [2.45, 2.75) is 51.6 Å². The summed E-state index contributed by atoms with van der Waals surface area (Å²) in [5.74, 6) is 0.996. The fraction of sp³-hybridized carbons (Fsp3) is 0.600. The monoisotopic (exact) mass is 557 g/mol. The van der Waals surface area contributed by atoms with Gasteiger partial charge in [0.25, 0.3) is 0 Å². The summed E-state index contributed by atoms with van der Waals surface area (Å²) in [5.41, 5.74) is -1.60. The number of anilines is 1. The molecular weight excluding hydrogens is 518 g/mol. The number of carbonyl (C=O) groups is 3. The zero-order valence-electron chi connectivity index (χ0n) is 22.8. The number of fused-ring (bicyclic) bond motifs is 5. The molecule has 6 atom stereocenters. The number of pyridine rings is 1. The second-order valence-corrected chi connectivity index (χ2v) is 12.3. The quantitative estimate of drug-likeness (QED) is 0.603. The summed E-state index contributed by atoms with van der Waals surface area (Å²) in [7, 11) is 0. The minimum absolute atomic E-state index is 0. The molecule has 0 spiro atoms. The molecule has 39 heavy (non-hydrogen) atoms. The van der Waals surface area contributed by atoms with Gasteiger partial charge in [0.2, 0.25) is 0 Å². The van der Waals surface area contributed by atoms with Crippen LogP contribution >= 0.6 is 12.4 Å². The summed E-state index contributed by atoms with van der Waals surface area (Å²) >= 11 is 0. The standard InChI is InChI=1S/C30H37N3O4.ClH.H2O/c1-28-10-8-21(34)17-20(28)6-7-22-23-9-11-30(37,29(23,2)18-24(35)27(22)28)25(36)19-32-13-15-33(16-14-32)26-5-3-4-12-31-26;;/h3-5,8,10,12,17,22-23,27,37H,6-7,9,11,13-16,18-19H2,1-2H3;1H;1H2/t22-,23-,27+,28-,29-,30-;;/m0../s1. The number of hydrogen-bond acceptors (Lipinski definition) is 7. The average molecular weight is 558 g/mol. The molecule has 0 bridgehead atoms. The predicted octanol–water partition coefficient (Wildman–Crippen LogP) is 2.59. The number of ketones is 3. The Hall–Kier alpha value is -2.39. The first-order valence-corrected chi connectivity index (χ1v) is 13.8. The second kappa shape index (κ2) is 10.5. The molecule has 6 rings (SSSR count). The first-order valence-electron chi connectivity index (χ1n) is 13.8. The third-order valence-corrected chi connectivity index (χ3v) is 10.6. The van der Waals surface area contributed by atoms with Crippen molar-refractivity contribution in [2.75, 3.05) is 37.6 Å². The zero-order valence-corrected chi connectivity index (χ0v) is 23.6. The largest absolute Gasteiger partial charge is 0.412 e. The molecule has 0 aromatic carbocycles. The summed E-state index contributed by atoms with van der Waals surface area (Å²) in [6.07, 6.45) is 10.1. The molecule has 212 valence electrons. The number of piperazine rings is 1. The van der Waals surface area contributed by atoms with E-state index in [-0.39, 0.29) is 66.0 Å². The summed E-state index contributed by atoms with van der Waals surface area (Å²) in [5, 5.41) is 12.0. The van der Waals surface area contributed by atoms with Crippen molar-refractivity contribution < 1.29 is 25.0 Å². The Morgan fingerprint density at radius 3 is 2.56 bits per heavy atom. The van der Waals surface area contributed by atoms with E-state index in [2.05, 4.69) is 21.7 Å². The Balaban J connectivity index is 0.00000176. The summed E-state index contributed by atoms with van der Waals surface area (Å²) in [4.78, 5) is 48.4. The van der Waals surface area contributed by atoms with Crippen LogP contribution in [0.2, 0.25) is 0 Å². The molecule has 0 unspecified atom stereocenters. The fourth-order valence-corrected chi connectivity index (χ4v) is 8.50. The van der Waals surface area contributed by atoms with Crippen molar-refractivity contribution >= 4 is 35.6 Å². The van der Waals surface area contributed by atoms with E-state index >= 15 is 0 Å². The first-order chi connectivity index (χ1) is 17.7. The van der Waals surface area contributed by atoms with E-state index in [0.29, 0.717) is 6.42 Å². The molecule has 0 amide bonds. The fourth-order valence-electron chi connectivity index (χ4n) is 8.50. The first kappa shape index (κ1) is 29.6. The number of hydrogen-bond donors (Lipinski definition) is 1. The van der Waals surface area contributed by atoms with Gasteiger partial charge in [-0.3, -0.25) is 19.3 Å². The van der Waals surface area contributed by atoms with Gasteiger partial charge in [0.15, 0.2) is 11.6 Å². The lowest BCUT2D eigenvalue weighted by Crippen LogP contribution is -2.61. The second-order valence-electron chi connectivity index (χ2n) is 12.3. The lowest BCUT2D eigenvalue weighted by atomic mass is 9.46. The Bertz CT molecular complexity index is 1200. The molecule has 5 aliphatic rings. The summed E-state index contributed by atoms with van der Waals surface area (Å²) in [6, 6.07) is 5.89. The smallest absolute Gasteiger partial charge is 0.178 e. The molecule has 4 aliphatic carbocycles. The van der Waals surface area contributed by atoms with Gasteiger partial charge >= 0.3 is 0 Å². The summed E-state index contributed by atoms with van der Waals surface area (Å²) in [6.45, 7) is 7.35. The van der Waals surface area contributed by atoms with Crippen LogP contribution < -0.4 is 4.90 Å². The van der Waals surface area contributed by atoms with Crippen molar-refractivity contribution in [1.29, 1.82) is 0 Å². The number of carbonyl (C=O) groups excluding carboxylic acids is 3. The van der Waals surface area contributed by atoms with E-state index in [4.69, 9.17) is 0 Å². The van der Waals surface area contributed by atoms with E-state index in [1.165, 1.54) is 0 Å². The lowest BCUT2D eigenvalue weighted by Gasteiger charge is -2.56. The van der Waals surface area contributed by atoms with Gasteiger partial charge in [0.05, 0.1) is 6.54 Å². The maximum atomic E-state index is 13.8. The number of Topliss-reactive ketones (excluding diaryl/α,β-unsaturated/α-hetero) is 2. The van der Waals surface area contributed by atoms with Crippen LogP contribution in [0, 0.1) is 28.6 Å². The van der Waals surface area contributed by atoms with Crippen molar-refractivity contribution in [3.8, 4) is 0 Å². The van der Waals surface area contributed by atoms with Crippen LogP contribution in [0.15, 0.2) is 48.2 Å². The van der Waals surface area contributed by atoms with Gasteiger partial charge in [0, 0.05) is 55.5 Å². The molecular formula is C30H40ClN3O5. The van der Waals surface area contributed by atoms with Gasteiger partial charge in [-0.2, -0.15) is 0 Å². The Labute approximate surface area is 236 Å². The molecule has 1 aromatic rings. The number of aliphatic hydroxyl groups is 1. The SMILES string of the molecule is C[C@]12C=CC(=O)C=C1CC[C@@H]1[C@@H]2C(=O)C[C@@]2(C)[C@H]1CC[C@]2(O)C(=O)CN1CCN(c2ccccn2)CC1.Cl.O. The Morgan fingerprint density at radius 1 is 1.13 bits per heavy atom. The number of rotatable bonds is 4. The van der Waals surface area contributed by atoms with E-state index in [1.807, 2.05) is 31.2 Å². The van der Waals surface area contributed by atoms with Crippen molar-refractivity contribution in [2.24, 2.45) is 28.6 Å². The number of allylic oxidation sites excluding steroid dienone is 4. The normalized spacial score (nSPS) is 37.6. The maximum Gasteiger partial charge on any atom is 0.178 e. The van der Waals surface area contributed by atoms with Crippen LogP contribution in [0.5, 0.6) is 0 Å². The highest BCUT2D eigenvalue weighted by Crippen LogP contribution is 2.66. The third-order valence-electron chi connectivity index (χ3n) is 10.6. The minimum atomic E-state index is -1.48. The molecule has 0 radical (unpaired) electrons. The number of halogens is 1. The maximum absolute atomic E-state index is 13.8. The summed E-state index contributed by atoms with van der Waals surface area (Å²) < 4.78 is 0. The molecule has 2 heterocycles. The molecule has 8 nitrogen and oxygen atoms in total. The van der Waals surface area contributed by atoms with Gasteiger partial charge in [-0.25, -0.2) is 4.98 Å². The van der Waals surface area contributed by atoms with E-state index in [0.717, 1.165) is 56.8 Å². The number of aromatic nitrogens is 1. The Morgan fingerprint density at radius 2 is 1.87 bits per heavy atom. The van der Waals surface area contributed by atoms with Gasteiger partial charge < -0.3 is 15.5 Å². The van der Waals surface area contributed by atoms with Gasteiger partial charge in [-0.15, -0.1) is 12.4 Å². The van der Waals surface area contributed by atoms with Gasteiger partial charge in [-0.1, -0.05) is 31.6 Å². The van der Waals surface area contributed by atoms with Crippen LogP contribution in [0.3, 0.4) is 0 Å². The molecule has 1 saturated heterocycles. The van der Waals surface area contributed by atoms with E-state index < -0.39 is 16.4 Å². The zero-order chi connectivity index (χ0) is 26.0. The molecule has 9 heteroatoms. The molecule has 1 aliphatic heterocycles. The highest BCUT2D eigenvalue weighted by molar-refractivity contribution is 6.02. The third kappa shape index (κ3) is 4.49.